The highest BCUT2D eigenvalue weighted by Gasteiger charge is 2.14. The molecule has 4 nitrogen and oxygen atoms in total. The topological polar surface area (TPSA) is 43.9 Å². The molecule has 0 unspecified atom stereocenters. The van der Waals surface area contributed by atoms with Crippen LogP contribution in [0.2, 0.25) is 0 Å². The molecule has 0 saturated heterocycles. The normalized spacial score (nSPS) is 11.1. The molecule has 0 amide bonds. The van der Waals surface area contributed by atoms with E-state index in [2.05, 4.69) is 16.1 Å². The second kappa shape index (κ2) is 4.59. The summed E-state index contributed by atoms with van der Waals surface area (Å²) >= 11 is 0. The van der Waals surface area contributed by atoms with Crippen molar-refractivity contribution >= 4 is 10.9 Å². The number of nitrogens with zero attached hydrogens (tertiary/aromatic N) is 3. The third-order valence-electron chi connectivity index (χ3n) is 3.53. The number of aromatic nitrogens is 3. The third kappa shape index (κ3) is 1.92. The molecule has 4 heteroatoms. The van der Waals surface area contributed by atoms with E-state index in [4.69, 9.17) is 4.42 Å². The minimum Gasteiger partial charge on any atom is -0.444 e. The van der Waals surface area contributed by atoms with Crippen molar-refractivity contribution in [2.75, 3.05) is 0 Å². The molecular weight excluding hydrogens is 262 g/mol. The predicted molar refractivity (Wildman–Crippen MR) is 81.6 cm³/mol. The summed E-state index contributed by atoms with van der Waals surface area (Å²) < 4.78 is 7.47. The molecule has 2 aromatic heterocycles. The van der Waals surface area contributed by atoms with Gasteiger partial charge in [-0.25, -0.2) is 4.98 Å². The Morgan fingerprint density at radius 2 is 1.71 bits per heavy atom. The Labute approximate surface area is 121 Å². The van der Waals surface area contributed by atoms with Gasteiger partial charge in [-0.2, -0.15) is 5.10 Å². The standard InChI is InChI=1S/C17H13N3O/c1-20-15-10-6-5-9-13(15)16(19-20)14-11-21-17(18-14)12-7-3-2-4-8-12/h2-11H,1H3. The van der Waals surface area contributed by atoms with Crippen LogP contribution in [-0.4, -0.2) is 14.8 Å². The van der Waals surface area contributed by atoms with Crippen molar-refractivity contribution in [1.82, 2.24) is 14.8 Å². The SMILES string of the molecule is Cn1nc(-c2coc(-c3ccccc3)n2)c2ccccc21. The van der Waals surface area contributed by atoms with Crippen LogP contribution in [0.1, 0.15) is 0 Å². The summed E-state index contributed by atoms with van der Waals surface area (Å²) in [7, 11) is 1.93. The number of fused-ring (bicyclic) bond motifs is 1. The highest BCUT2D eigenvalue weighted by Crippen LogP contribution is 2.29. The van der Waals surface area contributed by atoms with E-state index in [1.807, 2.05) is 60.3 Å². The lowest BCUT2D eigenvalue weighted by molar-refractivity contribution is 0.575. The molecule has 0 aliphatic heterocycles. The second-order valence-corrected chi connectivity index (χ2v) is 4.89. The first-order valence-corrected chi connectivity index (χ1v) is 6.76. The molecule has 2 aromatic carbocycles. The van der Waals surface area contributed by atoms with Gasteiger partial charge in [-0.1, -0.05) is 36.4 Å². The quantitative estimate of drug-likeness (QED) is 0.557. The van der Waals surface area contributed by atoms with Gasteiger partial charge in [0, 0.05) is 18.0 Å². The van der Waals surface area contributed by atoms with E-state index in [0.29, 0.717) is 5.89 Å². The first-order chi connectivity index (χ1) is 10.3. The van der Waals surface area contributed by atoms with E-state index < -0.39 is 0 Å². The largest absolute Gasteiger partial charge is 0.444 e. The Morgan fingerprint density at radius 3 is 2.57 bits per heavy atom. The molecule has 102 valence electrons. The van der Waals surface area contributed by atoms with Crippen LogP contribution in [0.15, 0.2) is 65.3 Å². The fourth-order valence-corrected chi connectivity index (χ4v) is 2.50. The summed E-state index contributed by atoms with van der Waals surface area (Å²) in [5.41, 5.74) is 3.64. The molecule has 0 aliphatic carbocycles. The number of oxazole rings is 1. The number of rotatable bonds is 2. The van der Waals surface area contributed by atoms with Crippen molar-refractivity contribution in [2.24, 2.45) is 7.05 Å². The molecule has 0 N–H and O–H groups in total. The molecular formula is C17H13N3O. The molecule has 0 aliphatic rings. The zero-order valence-corrected chi connectivity index (χ0v) is 11.5. The predicted octanol–water partition coefficient (Wildman–Crippen LogP) is 3.90. The first kappa shape index (κ1) is 11.9. The van der Waals surface area contributed by atoms with Crippen LogP contribution in [0.25, 0.3) is 33.7 Å². The number of hydrogen-bond acceptors (Lipinski definition) is 3. The summed E-state index contributed by atoms with van der Waals surface area (Å²) in [6.07, 6.45) is 1.66. The maximum absolute atomic E-state index is 5.60. The molecule has 21 heavy (non-hydrogen) atoms. The van der Waals surface area contributed by atoms with E-state index in [1.165, 1.54) is 0 Å². The van der Waals surface area contributed by atoms with E-state index >= 15 is 0 Å². The molecule has 0 atom stereocenters. The van der Waals surface area contributed by atoms with Crippen LogP contribution in [0.4, 0.5) is 0 Å². The van der Waals surface area contributed by atoms with Crippen molar-refractivity contribution in [3.05, 3.63) is 60.9 Å². The van der Waals surface area contributed by atoms with Gasteiger partial charge in [0.25, 0.3) is 0 Å². The average molecular weight is 275 g/mol. The van der Waals surface area contributed by atoms with E-state index in [1.54, 1.807) is 6.26 Å². The monoisotopic (exact) mass is 275 g/mol. The fourth-order valence-electron chi connectivity index (χ4n) is 2.50. The highest BCUT2D eigenvalue weighted by molar-refractivity contribution is 5.92. The first-order valence-electron chi connectivity index (χ1n) is 6.76. The van der Waals surface area contributed by atoms with Gasteiger partial charge in [0.15, 0.2) is 0 Å². The van der Waals surface area contributed by atoms with Gasteiger partial charge in [0.05, 0.1) is 5.52 Å². The zero-order chi connectivity index (χ0) is 14.2. The Bertz CT molecular complexity index is 906. The summed E-state index contributed by atoms with van der Waals surface area (Å²) in [6, 6.07) is 18.0. The molecule has 0 saturated carbocycles. The summed E-state index contributed by atoms with van der Waals surface area (Å²) in [5, 5.41) is 5.64. The fraction of sp³-hybridized carbons (Fsp3) is 0.0588. The maximum Gasteiger partial charge on any atom is 0.226 e. The van der Waals surface area contributed by atoms with Crippen LogP contribution in [0.3, 0.4) is 0 Å². The van der Waals surface area contributed by atoms with Crippen molar-refractivity contribution in [2.45, 2.75) is 0 Å². The van der Waals surface area contributed by atoms with Crippen LogP contribution < -0.4 is 0 Å². The van der Waals surface area contributed by atoms with E-state index in [-0.39, 0.29) is 0 Å². The summed E-state index contributed by atoms with van der Waals surface area (Å²) in [6.45, 7) is 0. The van der Waals surface area contributed by atoms with E-state index in [0.717, 1.165) is 27.9 Å². The van der Waals surface area contributed by atoms with Crippen LogP contribution in [0, 0.1) is 0 Å². The minimum atomic E-state index is 0.611. The smallest absolute Gasteiger partial charge is 0.226 e. The van der Waals surface area contributed by atoms with Crippen molar-refractivity contribution in [3.8, 4) is 22.8 Å². The molecule has 4 rings (SSSR count). The van der Waals surface area contributed by atoms with Gasteiger partial charge >= 0.3 is 0 Å². The van der Waals surface area contributed by atoms with Crippen LogP contribution in [-0.2, 0) is 7.05 Å². The number of aryl methyl sites for hydroxylation is 1. The number of para-hydroxylation sites is 1. The van der Waals surface area contributed by atoms with Gasteiger partial charge in [0.1, 0.15) is 17.7 Å². The molecule has 2 heterocycles. The Morgan fingerprint density at radius 1 is 0.952 bits per heavy atom. The van der Waals surface area contributed by atoms with Gasteiger partial charge < -0.3 is 4.42 Å². The summed E-state index contributed by atoms with van der Waals surface area (Å²) in [5.74, 6) is 0.611. The lowest BCUT2D eigenvalue weighted by Gasteiger charge is -1.92. The lowest BCUT2D eigenvalue weighted by atomic mass is 10.2. The van der Waals surface area contributed by atoms with Gasteiger partial charge in [-0.05, 0) is 18.2 Å². The van der Waals surface area contributed by atoms with Crippen molar-refractivity contribution in [1.29, 1.82) is 0 Å². The highest BCUT2D eigenvalue weighted by atomic mass is 16.3. The Balaban J connectivity index is 1.85. The third-order valence-corrected chi connectivity index (χ3v) is 3.53. The van der Waals surface area contributed by atoms with Gasteiger partial charge in [-0.3, -0.25) is 4.68 Å². The average Bonchev–Trinajstić information content (AvgIpc) is 3.14. The molecule has 0 spiro atoms. The maximum atomic E-state index is 5.60. The minimum absolute atomic E-state index is 0.611. The van der Waals surface area contributed by atoms with Gasteiger partial charge in [0.2, 0.25) is 5.89 Å². The molecule has 0 bridgehead atoms. The van der Waals surface area contributed by atoms with Gasteiger partial charge in [-0.15, -0.1) is 0 Å². The lowest BCUT2D eigenvalue weighted by Crippen LogP contribution is -1.89. The summed E-state index contributed by atoms with van der Waals surface area (Å²) in [4.78, 5) is 4.57. The Kier molecular flexibility index (Phi) is 2.60. The second-order valence-electron chi connectivity index (χ2n) is 4.89. The van der Waals surface area contributed by atoms with E-state index in [9.17, 15) is 0 Å². The molecule has 0 fully saturated rings. The number of benzene rings is 2. The number of hydrogen-bond donors (Lipinski definition) is 0. The van der Waals surface area contributed by atoms with Crippen LogP contribution in [0.5, 0.6) is 0 Å². The molecule has 4 aromatic rings. The zero-order valence-electron chi connectivity index (χ0n) is 11.5. The van der Waals surface area contributed by atoms with Crippen molar-refractivity contribution in [3.63, 3.8) is 0 Å². The molecule has 0 radical (unpaired) electrons. The van der Waals surface area contributed by atoms with Crippen molar-refractivity contribution < 1.29 is 4.42 Å². The van der Waals surface area contributed by atoms with Crippen LogP contribution >= 0.6 is 0 Å². The Hall–Kier alpha value is -2.88.